The lowest BCUT2D eigenvalue weighted by Gasteiger charge is -2.26. The van der Waals surface area contributed by atoms with Crippen LogP contribution in [0.1, 0.15) is 38.1 Å². The van der Waals surface area contributed by atoms with E-state index in [0.717, 1.165) is 30.1 Å². The number of amides is 1. The van der Waals surface area contributed by atoms with Gasteiger partial charge in [-0.05, 0) is 42.8 Å². The highest BCUT2D eigenvalue weighted by atomic mass is 35.5. The highest BCUT2D eigenvalue weighted by Crippen LogP contribution is 2.37. The third-order valence-corrected chi connectivity index (χ3v) is 8.97. The Labute approximate surface area is 209 Å². The van der Waals surface area contributed by atoms with Crippen molar-refractivity contribution < 1.29 is 39.9 Å². The van der Waals surface area contributed by atoms with Gasteiger partial charge in [0.1, 0.15) is 5.00 Å². The van der Waals surface area contributed by atoms with Gasteiger partial charge in [0.05, 0.1) is 30.8 Å². The van der Waals surface area contributed by atoms with Gasteiger partial charge in [-0.3, -0.25) is 9.69 Å². The summed E-state index contributed by atoms with van der Waals surface area (Å²) in [6.45, 7) is 5.91. The molecule has 1 N–H and O–H groups in total. The molecule has 2 aliphatic rings. The SMILES string of the molecule is CCN1CCc2c(sc(NC(=O)c3ccc(S(=O)(=O)N4CCOCC4)cc3)c2C(=O)OC)C1.[Cl-]. The van der Waals surface area contributed by atoms with Crippen molar-refractivity contribution in [3.8, 4) is 0 Å². The molecule has 186 valence electrons. The Morgan fingerprint density at radius 1 is 1.15 bits per heavy atom. The number of esters is 1. The molecule has 0 unspecified atom stereocenters. The molecule has 0 saturated carbocycles. The van der Waals surface area contributed by atoms with Crippen LogP contribution in [0, 0.1) is 0 Å². The van der Waals surface area contributed by atoms with Crippen LogP contribution in [0.25, 0.3) is 0 Å². The van der Waals surface area contributed by atoms with Gasteiger partial charge in [0.25, 0.3) is 5.91 Å². The van der Waals surface area contributed by atoms with Crippen LogP contribution in [0.3, 0.4) is 0 Å². The number of methoxy groups -OCH3 is 1. The van der Waals surface area contributed by atoms with Crippen molar-refractivity contribution >= 4 is 38.2 Å². The van der Waals surface area contributed by atoms with Gasteiger partial charge < -0.3 is 27.2 Å². The number of morpholine rings is 1. The molecule has 9 nitrogen and oxygen atoms in total. The minimum Gasteiger partial charge on any atom is -1.00 e. The number of rotatable bonds is 6. The standard InChI is InChI=1S/C22H27N3O6S2.ClH/c1-3-24-9-8-17-18(14-24)32-21(19(17)22(27)30-2)23-20(26)15-4-6-16(7-5-15)33(28,29)25-10-12-31-13-11-25;/h4-7H,3,8-14H2,1-2H3,(H,23,26);1H/p-1. The minimum atomic E-state index is -3.64. The van der Waals surface area contributed by atoms with Gasteiger partial charge in [0.2, 0.25) is 10.0 Å². The summed E-state index contributed by atoms with van der Waals surface area (Å²) >= 11 is 1.39. The maximum absolute atomic E-state index is 12.9. The highest BCUT2D eigenvalue weighted by Gasteiger charge is 2.30. The largest absolute Gasteiger partial charge is 1.00 e. The first-order chi connectivity index (χ1) is 15.8. The molecule has 34 heavy (non-hydrogen) atoms. The summed E-state index contributed by atoms with van der Waals surface area (Å²) in [7, 11) is -2.31. The van der Waals surface area contributed by atoms with Crippen molar-refractivity contribution in [1.29, 1.82) is 0 Å². The lowest BCUT2D eigenvalue weighted by Crippen LogP contribution is -3.00. The average Bonchev–Trinajstić information content (AvgIpc) is 3.20. The third-order valence-electron chi connectivity index (χ3n) is 5.92. The van der Waals surface area contributed by atoms with Crippen LogP contribution in [-0.2, 0) is 32.5 Å². The average molecular weight is 529 g/mol. The second-order valence-electron chi connectivity index (χ2n) is 7.81. The Kier molecular flexibility index (Phi) is 8.72. The molecule has 0 spiro atoms. The maximum Gasteiger partial charge on any atom is 0.341 e. The normalized spacial score (nSPS) is 16.9. The molecular weight excluding hydrogens is 502 g/mol. The Balaban J connectivity index is 0.00000324. The molecule has 1 aromatic heterocycles. The van der Waals surface area contributed by atoms with E-state index < -0.39 is 21.9 Å². The summed E-state index contributed by atoms with van der Waals surface area (Å²) < 4.78 is 37.2. The molecular formula is C22H27ClN3O6S2-. The number of nitrogens with one attached hydrogen (secondary N) is 1. The molecule has 12 heteroatoms. The first-order valence-corrected chi connectivity index (χ1v) is 13.0. The number of likely N-dealkylation sites (N-methyl/N-ethyl adjacent to an activating group) is 1. The summed E-state index contributed by atoms with van der Waals surface area (Å²) in [6, 6.07) is 5.82. The van der Waals surface area contributed by atoms with Crippen LogP contribution in [0.2, 0.25) is 0 Å². The van der Waals surface area contributed by atoms with Crippen molar-refractivity contribution in [1.82, 2.24) is 9.21 Å². The predicted molar refractivity (Wildman–Crippen MR) is 124 cm³/mol. The third kappa shape index (κ3) is 5.29. The van der Waals surface area contributed by atoms with Crippen LogP contribution in [0.4, 0.5) is 5.00 Å². The quantitative estimate of drug-likeness (QED) is 0.489. The van der Waals surface area contributed by atoms with Gasteiger partial charge in [0, 0.05) is 36.6 Å². The summed E-state index contributed by atoms with van der Waals surface area (Å²) in [6.07, 6.45) is 0.716. The molecule has 1 saturated heterocycles. The molecule has 0 atom stereocenters. The molecule has 0 bridgehead atoms. The number of benzene rings is 1. The summed E-state index contributed by atoms with van der Waals surface area (Å²) in [5.41, 5.74) is 1.64. The number of ether oxygens (including phenoxy) is 2. The number of carbonyl (C=O) groups is 2. The molecule has 1 aromatic carbocycles. The van der Waals surface area contributed by atoms with Crippen LogP contribution in [-0.4, -0.2) is 76.0 Å². The lowest BCUT2D eigenvalue weighted by atomic mass is 10.0. The van der Waals surface area contributed by atoms with Crippen LogP contribution in [0.5, 0.6) is 0 Å². The maximum atomic E-state index is 12.9. The summed E-state index contributed by atoms with van der Waals surface area (Å²) in [5, 5.41) is 3.30. The van der Waals surface area contributed by atoms with Gasteiger partial charge in [0.15, 0.2) is 0 Å². The summed E-state index contributed by atoms with van der Waals surface area (Å²) in [5.74, 6) is -0.888. The molecule has 3 heterocycles. The van der Waals surface area contributed by atoms with E-state index in [1.54, 1.807) is 0 Å². The Hall–Kier alpha value is -2.02. The van der Waals surface area contributed by atoms with E-state index >= 15 is 0 Å². The van der Waals surface area contributed by atoms with Crippen molar-refractivity contribution in [3.63, 3.8) is 0 Å². The second-order valence-corrected chi connectivity index (χ2v) is 10.9. The van der Waals surface area contributed by atoms with E-state index in [9.17, 15) is 18.0 Å². The first-order valence-electron chi connectivity index (χ1n) is 10.8. The first kappa shape index (κ1) is 26.6. The lowest BCUT2D eigenvalue weighted by molar-refractivity contribution is -0.0000317. The molecule has 0 aliphatic carbocycles. The summed E-state index contributed by atoms with van der Waals surface area (Å²) in [4.78, 5) is 28.9. The van der Waals surface area contributed by atoms with Crippen LogP contribution < -0.4 is 17.7 Å². The van der Waals surface area contributed by atoms with Crippen LogP contribution in [0.15, 0.2) is 29.2 Å². The van der Waals surface area contributed by atoms with E-state index in [-0.39, 0.29) is 17.3 Å². The van der Waals surface area contributed by atoms with Crippen molar-refractivity contribution in [2.75, 3.05) is 51.8 Å². The Morgan fingerprint density at radius 3 is 2.44 bits per heavy atom. The van der Waals surface area contributed by atoms with Crippen molar-refractivity contribution in [3.05, 3.63) is 45.8 Å². The number of halogens is 1. The second kappa shape index (κ2) is 11.1. The fourth-order valence-electron chi connectivity index (χ4n) is 4.02. The zero-order chi connectivity index (χ0) is 23.6. The minimum absolute atomic E-state index is 0. The van der Waals surface area contributed by atoms with Gasteiger partial charge in [-0.1, -0.05) is 6.92 Å². The van der Waals surface area contributed by atoms with Crippen molar-refractivity contribution in [2.24, 2.45) is 0 Å². The number of nitrogens with zero attached hydrogens (tertiary/aromatic N) is 2. The Morgan fingerprint density at radius 2 is 1.82 bits per heavy atom. The van der Waals surface area contributed by atoms with Gasteiger partial charge in [-0.15, -0.1) is 11.3 Å². The topological polar surface area (TPSA) is 105 Å². The number of anilines is 1. The van der Waals surface area contributed by atoms with E-state index in [0.29, 0.717) is 48.9 Å². The molecule has 2 aromatic rings. The number of hydrogen-bond acceptors (Lipinski definition) is 8. The van der Waals surface area contributed by atoms with Gasteiger partial charge >= 0.3 is 5.97 Å². The highest BCUT2D eigenvalue weighted by molar-refractivity contribution is 7.89. The van der Waals surface area contributed by atoms with E-state index in [1.165, 1.54) is 47.0 Å². The van der Waals surface area contributed by atoms with Gasteiger partial charge in [-0.25, -0.2) is 13.2 Å². The van der Waals surface area contributed by atoms with E-state index in [1.807, 2.05) is 0 Å². The smallest absolute Gasteiger partial charge is 0.341 e. The molecule has 4 rings (SSSR count). The zero-order valence-electron chi connectivity index (χ0n) is 19.0. The molecule has 1 fully saturated rings. The van der Waals surface area contributed by atoms with Gasteiger partial charge in [-0.2, -0.15) is 4.31 Å². The van der Waals surface area contributed by atoms with E-state index in [2.05, 4.69) is 17.1 Å². The fourth-order valence-corrected chi connectivity index (χ4v) is 6.70. The number of fused-ring (bicyclic) bond motifs is 1. The van der Waals surface area contributed by atoms with E-state index in [4.69, 9.17) is 9.47 Å². The fraction of sp³-hybridized carbons (Fsp3) is 0.455. The van der Waals surface area contributed by atoms with Crippen molar-refractivity contribution in [2.45, 2.75) is 24.8 Å². The molecule has 1 amide bonds. The number of thiophene rings is 1. The molecule has 2 aliphatic heterocycles. The number of sulfonamides is 1. The number of hydrogen-bond donors (Lipinski definition) is 1. The predicted octanol–water partition coefficient (Wildman–Crippen LogP) is -0.810. The monoisotopic (exact) mass is 528 g/mol. The number of carbonyl (C=O) groups excluding carboxylic acids is 2. The Bertz CT molecular complexity index is 1140. The van der Waals surface area contributed by atoms with Crippen LogP contribution >= 0.6 is 11.3 Å². The zero-order valence-corrected chi connectivity index (χ0v) is 21.4. The molecule has 0 radical (unpaired) electrons.